The zero-order valence-electron chi connectivity index (χ0n) is 8.47. The van der Waals surface area contributed by atoms with Crippen LogP contribution in [0.15, 0.2) is 18.2 Å². The molecule has 0 amide bonds. The van der Waals surface area contributed by atoms with E-state index in [0.717, 1.165) is 0 Å². The van der Waals surface area contributed by atoms with Gasteiger partial charge < -0.3 is 10.0 Å². The first kappa shape index (κ1) is 11.2. The van der Waals surface area contributed by atoms with Crippen molar-refractivity contribution in [3.05, 3.63) is 33.3 Å². The van der Waals surface area contributed by atoms with E-state index in [0.29, 0.717) is 30.2 Å². The molecule has 0 saturated carbocycles. The Hall–Kier alpha value is -1.33. The summed E-state index contributed by atoms with van der Waals surface area (Å²) in [7, 11) is 0. The summed E-state index contributed by atoms with van der Waals surface area (Å²) < 4.78 is 0. The molecule has 1 atom stereocenters. The van der Waals surface area contributed by atoms with E-state index < -0.39 is 11.0 Å². The second kappa shape index (κ2) is 4.27. The number of aliphatic hydroxyl groups is 1. The first-order valence-electron chi connectivity index (χ1n) is 4.95. The lowest BCUT2D eigenvalue weighted by atomic mass is 10.2. The summed E-state index contributed by atoms with van der Waals surface area (Å²) in [6.07, 6.45) is 0.179. The van der Waals surface area contributed by atoms with Crippen molar-refractivity contribution in [1.29, 1.82) is 0 Å². The van der Waals surface area contributed by atoms with Crippen LogP contribution in [0.3, 0.4) is 0 Å². The van der Waals surface area contributed by atoms with Gasteiger partial charge in [0.05, 0.1) is 16.0 Å². The van der Waals surface area contributed by atoms with Gasteiger partial charge in [-0.2, -0.15) is 0 Å². The SMILES string of the molecule is O=[N+]([O-])c1cccc(Cl)c1N1CC[C@H](O)C1. The zero-order valence-corrected chi connectivity index (χ0v) is 9.22. The van der Waals surface area contributed by atoms with E-state index >= 15 is 0 Å². The minimum atomic E-state index is -0.452. The standard InChI is InChI=1S/C10H11ClN2O3/c11-8-2-1-3-9(13(15)16)10(8)12-5-4-7(14)6-12/h1-3,7,14H,4-6H2/t7-/m0/s1. The van der Waals surface area contributed by atoms with Gasteiger partial charge in [-0.25, -0.2) is 0 Å². The van der Waals surface area contributed by atoms with E-state index in [4.69, 9.17) is 11.6 Å². The van der Waals surface area contributed by atoms with Gasteiger partial charge in [0.2, 0.25) is 0 Å². The van der Waals surface area contributed by atoms with Crippen LogP contribution in [0.4, 0.5) is 11.4 Å². The van der Waals surface area contributed by atoms with Crippen molar-refractivity contribution in [3.8, 4) is 0 Å². The Morgan fingerprint density at radius 1 is 1.56 bits per heavy atom. The number of nitro groups is 1. The van der Waals surface area contributed by atoms with Crippen LogP contribution in [0.2, 0.25) is 5.02 Å². The molecular formula is C10H11ClN2O3. The predicted octanol–water partition coefficient (Wildman–Crippen LogP) is 1.82. The van der Waals surface area contributed by atoms with Gasteiger partial charge in [-0.3, -0.25) is 10.1 Å². The lowest BCUT2D eigenvalue weighted by molar-refractivity contribution is -0.384. The zero-order chi connectivity index (χ0) is 11.7. The lowest BCUT2D eigenvalue weighted by Gasteiger charge is -2.18. The summed E-state index contributed by atoms with van der Waals surface area (Å²) in [5, 5.41) is 20.6. The summed E-state index contributed by atoms with van der Waals surface area (Å²) in [5.74, 6) is 0. The van der Waals surface area contributed by atoms with Crippen LogP contribution in [-0.2, 0) is 0 Å². The maximum Gasteiger partial charge on any atom is 0.294 e. The molecule has 1 saturated heterocycles. The highest BCUT2D eigenvalue weighted by molar-refractivity contribution is 6.33. The minimum Gasteiger partial charge on any atom is -0.391 e. The molecule has 1 aliphatic rings. The second-order valence-corrected chi connectivity index (χ2v) is 4.16. The molecule has 1 aromatic rings. The maximum absolute atomic E-state index is 10.9. The van der Waals surface area contributed by atoms with Crippen LogP contribution >= 0.6 is 11.6 Å². The number of rotatable bonds is 2. The first-order chi connectivity index (χ1) is 7.59. The van der Waals surface area contributed by atoms with Crippen LogP contribution < -0.4 is 4.90 Å². The molecule has 0 radical (unpaired) electrons. The number of anilines is 1. The molecule has 1 heterocycles. The number of benzene rings is 1. The number of aliphatic hydroxyl groups excluding tert-OH is 1. The summed E-state index contributed by atoms with van der Waals surface area (Å²) in [6, 6.07) is 4.59. The quantitative estimate of drug-likeness (QED) is 0.635. The lowest BCUT2D eigenvalue weighted by Crippen LogP contribution is -2.22. The number of nitrogens with zero attached hydrogens (tertiary/aromatic N) is 2. The highest BCUT2D eigenvalue weighted by atomic mass is 35.5. The van der Waals surface area contributed by atoms with E-state index in [9.17, 15) is 15.2 Å². The van der Waals surface area contributed by atoms with Crippen LogP contribution in [0, 0.1) is 10.1 Å². The Morgan fingerprint density at radius 3 is 2.88 bits per heavy atom. The molecule has 0 spiro atoms. The van der Waals surface area contributed by atoms with E-state index in [1.165, 1.54) is 6.07 Å². The van der Waals surface area contributed by atoms with Crippen molar-refractivity contribution in [1.82, 2.24) is 0 Å². The second-order valence-electron chi connectivity index (χ2n) is 3.75. The topological polar surface area (TPSA) is 66.6 Å². The molecule has 0 aliphatic carbocycles. The molecule has 0 unspecified atom stereocenters. The molecule has 1 N–H and O–H groups in total. The van der Waals surface area contributed by atoms with E-state index in [1.807, 2.05) is 0 Å². The van der Waals surface area contributed by atoms with Crippen LogP contribution in [-0.4, -0.2) is 29.2 Å². The van der Waals surface area contributed by atoms with Crippen molar-refractivity contribution in [3.63, 3.8) is 0 Å². The fourth-order valence-corrected chi connectivity index (χ4v) is 2.20. The Balaban J connectivity index is 2.42. The van der Waals surface area contributed by atoms with Gasteiger partial charge in [0.1, 0.15) is 5.69 Å². The summed E-state index contributed by atoms with van der Waals surface area (Å²) in [6.45, 7) is 0.982. The van der Waals surface area contributed by atoms with Gasteiger partial charge in [-0.15, -0.1) is 0 Å². The molecule has 16 heavy (non-hydrogen) atoms. The van der Waals surface area contributed by atoms with Crippen molar-refractivity contribution >= 4 is 23.0 Å². The summed E-state index contributed by atoms with van der Waals surface area (Å²) >= 11 is 5.97. The third-order valence-corrected chi connectivity index (χ3v) is 2.95. The average Bonchev–Trinajstić information content (AvgIpc) is 2.64. The largest absolute Gasteiger partial charge is 0.391 e. The number of hydrogen-bond donors (Lipinski definition) is 1. The molecule has 1 fully saturated rings. The molecule has 6 heteroatoms. The van der Waals surface area contributed by atoms with Gasteiger partial charge >= 0.3 is 0 Å². The molecule has 2 rings (SSSR count). The van der Waals surface area contributed by atoms with Gasteiger partial charge in [-0.1, -0.05) is 17.7 Å². The van der Waals surface area contributed by atoms with E-state index in [2.05, 4.69) is 0 Å². The number of β-amino-alcohol motifs (C(OH)–C–C–N with tert-alkyl or cyclic N) is 1. The van der Waals surface area contributed by atoms with Gasteiger partial charge in [0, 0.05) is 19.2 Å². The van der Waals surface area contributed by atoms with Crippen molar-refractivity contribution in [2.75, 3.05) is 18.0 Å². The molecule has 1 aliphatic heterocycles. The fraction of sp³-hybridized carbons (Fsp3) is 0.400. The Morgan fingerprint density at radius 2 is 2.31 bits per heavy atom. The third-order valence-electron chi connectivity index (χ3n) is 2.64. The maximum atomic E-state index is 10.9. The van der Waals surface area contributed by atoms with Crippen molar-refractivity contribution < 1.29 is 10.0 Å². The van der Waals surface area contributed by atoms with E-state index in [-0.39, 0.29) is 5.69 Å². The fourth-order valence-electron chi connectivity index (χ4n) is 1.91. The molecule has 86 valence electrons. The Kier molecular flexibility index (Phi) is 2.98. The number of nitro benzene ring substituents is 1. The van der Waals surface area contributed by atoms with Crippen LogP contribution in [0.5, 0.6) is 0 Å². The number of para-hydroxylation sites is 1. The minimum absolute atomic E-state index is 0.0124. The highest BCUT2D eigenvalue weighted by Gasteiger charge is 2.28. The molecule has 0 aromatic heterocycles. The van der Waals surface area contributed by atoms with Gasteiger partial charge in [0.25, 0.3) is 5.69 Å². The smallest absolute Gasteiger partial charge is 0.294 e. The monoisotopic (exact) mass is 242 g/mol. The number of hydrogen-bond acceptors (Lipinski definition) is 4. The van der Waals surface area contributed by atoms with Crippen LogP contribution in [0.1, 0.15) is 6.42 Å². The summed E-state index contributed by atoms with van der Waals surface area (Å²) in [5.41, 5.74) is 0.396. The first-order valence-corrected chi connectivity index (χ1v) is 5.33. The predicted molar refractivity (Wildman–Crippen MR) is 60.9 cm³/mol. The summed E-state index contributed by atoms with van der Waals surface area (Å²) in [4.78, 5) is 12.2. The normalized spacial score (nSPS) is 20.1. The highest BCUT2D eigenvalue weighted by Crippen LogP contribution is 2.36. The molecular weight excluding hydrogens is 232 g/mol. The van der Waals surface area contributed by atoms with Gasteiger partial charge in [0.15, 0.2) is 0 Å². The molecule has 1 aromatic carbocycles. The average molecular weight is 243 g/mol. The Labute approximate surface area is 97.4 Å². The Bertz CT molecular complexity index is 425. The van der Waals surface area contributed by atoms with Crippen LogP contribution in [0.25, 0.3) is 0 Å². The number of halogens is 1. The van der Waals surface area contributed by atoms with Crippen molar-refractivity contribution in [2.45, 2.75) is 12.5 Å². The molecule has 0 bridgehead atoms. The molecule has 5 nitrogen and oxygen atoms in total. The van der Waals surface area contributed by atoms with Crippen molar-refractivity contribution in [2.24, 2.45) is 0 Å². The van der Waals surface area contributed by atoms with E-state index in [1.54, 1.807) is 17.0 Å². The van der Waals surface area contributed by atoms with Gasteiger partial charge in [-0.05, 0) is 12.5 Å². The third kappa shape index (κ3) is 1.96.